The summed E-state index contributed by atoms with van der Waals surface area (Å²) in [6.07, 6.45) is 9.66. The van der Waals surface area contributed by atoms with E-state index in [0.717, 1.165) is 40.1 Å². The number of aryl methyl sites for hydroxylation is 3. The second-order valence-corrected chi connectivity index (χ2v) is 12.9. The Kier molecular flexibility index (Phi) is 9.92. The van der Waals surface area contributed by atoms with Crippen LogP contribution in [0.3, 0.4) is 0 Å². The normalized spacial score (nSPS) is 12.8. The topological polar surface area (TPSA) is 38.7 Å². The first-order valence-electron chi connectivity index (χ1n) is 13.2. The second-order valence-electron chi connectivity index (χ2n) is 9.65. The molecule has 0 bridgehead atoms. The molecule has 4 heteroatoms. The molecule has 0 fully saturated rings. The fourth-order valence-electron chi connectivity index (χ4n) is 4.72. The fourth-order valence-corrected chi connectivity index (χ4v) is 8.63. The summed E-state index contributed by atoms with van der Waals surface area (Å²) in [5.74, 6) is 0.648. The summed E-state index contributed by atoms with van der Waals surface area (Å²) in [7, 11) is -4.51. The Morgan fingerprint density at radius 1 is 0.600 bits per heavy atom. The summed E-state index contributed by atoms with van der Waals surface area (Å²) < 4.78 is 13.5. The third kappa shape index (κ3) is 6.53. The van der Waals surface area contributed by atoms with Crippen LogP contribution in [0.5, 0.6) is 5.75 Å². The monoisotopic (exact) mass is 494 g/mol. The summed E-state index contributed by atoms with van der Waals surface area (Å²) >= 11 is 0. The van der Waals surface area contributed by atoms with E-state index >= 15 is 0 Å². The van der Waals surface area contributed by atoms with Crippen LogP contribution in [0.4, 0.5) is 0 Å². The van der Waals surface area contributed by atoms with Crippen molar-refractivity contribution in [1.82, 2.24) is 0 Å². The Morgan fingerprint density at radius 3 is 1.57 bits per heavy atom. The van der Waals surface area contributed by atoms with Crippen LogP contribution >= 0.6 is 7.28 Å². The van der Waals surface area contributed by atoms with Crippen LogP contribution < -0.4 is 15.1 Å². The van der Waals surface area contributed by atoms with Gasteiger partial charge >= 0.3 is 213 Å². The van der Waals surface area contributed by atoms with Crippen molar-refractivity contribution in [3.05, 3.63) is 89.5 Å². The summed E-state index contributed by atoms with van der Waals surface area (Å²) in [5.41, 5.74) is 2.88. The van der Waals surface area contributed by atoms with E-state index in [0.29, 0.717) is 12.4 Å². The molecule has 0 unspecified atom stereocenters. The fraction of sp³-hybridized carbons (Fsp3) is 0.419. The SMILES string of the molecule is CCCCCCCCCCOP(O)(Oc1ccccc1C)(c1ccccc1C)c1ccccc1C. The standard InChI is InChI=1S/C31H43O3P/c1-5-6-7-8-9-10-11-18-25-33-35(32,30-23-16-13-20-27(30)3,31-24-17-14-21-28(31)4)34-29-22-15-12-19-26(29)2/h12-17,19-24,32H,5-11,18,25H2,1-4H3. The van der Waals surface area contributed by atoms with Gasteiger partial charge in [0.1, 0.15) is 0 Å². The van der Waals surface area contributed by atoms with Gasteiger partial charge in [0.25, 0.3) is 0 Å². The van der Waals surface area contributed by atoms with Gasteiger partial charge in [-0.05, 0) is 0 Å². The molecule has 0 heterocycles. The Bertz CT molecular complexity index is 1030. The van der Waals surface area contributed by atoms with Gasteiger partial charge in [-0.2, -0.15) is 0 Å². The third-order valence-electron chi connectivity index (χ3n) is 6.77. The average molecular weight is 495 g/mol. The molecule has 0 saturated carbocycles. The molecule has 0 spiro atoms. The minimum atomic E-state index is -4.51. The van der Waals surface area contributed by atoms with Gasteiger partial charge < -0.3 is 0 Å². The molecule has 3 nitrogen and oxygen atoms in total. The van der Waals surface area contributed by atoms with Crippen LogP contribution in [0.25, 0.3) is 0 Å². The molecule has 1 N–H and O–H groups in total. The van der Waals surface area contributed by atoms with Crippen LogP contribution in [0.1, 0.15) is 75.0 Å². The van der Waals surface area contributed by atoms with Crippen molar-refractivity contribution < 1.29 is 13.9 Å². The van der Waals surface area contributed by atoms with E-state index in [2.05, 4.69) is 6.92 Å². The summed E-state index contributed by atoms with van der Waals surface area (Å²) in [6, 6.07) is 23.7. The molecule has 0 aliphatic carbocycles. The van der Waals surface area contributed by atoms with E-state index in [1.165, 1.54) is 38.5 Å². The molecule has 0 aliphatic heterocycles. The quantitative estimate of drug-likeness (QED) is 0.182. The summed E-state index contributed by atoms with van der Waals surface area (Å²) in [4.78, 5) is 13.0. The molecule has 190 valence electrons. The van der Waals surface area contributed by atoms with Crippen molar-refractivity contribution in [2.24, 2.45) is 0 Å². The molecule has 0 saturated heterocycles. The molecule has 0 radical (unpaired) electrons. The number of rotatable bonds is 14. The van der Waals surface area contributed by atoms with Crippen LogP contribution in [0, 0.1) is 20.8 Å². The first-order chi connectivity index (χ1) is 16.9. The van der Waals surface area contributed by atoms with Gasteiger partial charge in [-0.15, -0.1) is 0 Å². The van der Waals surface area contributed by atoms with Crippen molar-refractivity contribution in [2.75, 3.05) is 6.61 Å². The van der Waals surface area contributed by atoms with Crippen LogP contribution in [0.15, 0.2) is 72.8 Å². The Hall–Kier alpha value is -2.19. The van der Waals surface area contributed by atoms with E-state index < -0.39 is 7.28 Å². The van der Waals surface area contributed by atoms with Gasteiger partial charge in [0, 0.05) is 0 Å². The number of hydrogen-bond acceptors (Lipinski definition) is 3. The van der Waals surface area contributed by atoms with Crippen molar-refractivity contribution in [3.63, 3.8) is 0 Å². The number of unbranched alkanes of at least 4 members (excludes halogenated alkanes) is 7. The van der Waals surface area contributed by atoms with Gasteiger partial charge in [-0.1, -0.05) is 0 Å². The molecular formula is C31H43O3P. The third-order valence-corrected chi connectivity index (χ3v) is 10.7. The van der Waals surface area contributed by atoms with Gasteiger partial charge in [-0.25, -0.2) is 0 Å². The molecule has 35 heavy (non-hydrogen) atoms. The van der Waals surface area contributed by atoms with E-state index in [1.807, 2.05) is 93.6 Å². The second kappa shape index (κ2) is 12.7. The predicted octanol–water partition coefficient (Wildman–Crippen LogP) is 8.09. The van der Waals surface area contributed by atoms with E-state index in [4.69, 9.17) is 9.05 Å². The first-order valence-corrected chi connectivity index (χ1v) is 15.2. The minimum absolute atomic E-state index is 0.442. The molecule has 0 amide bonds. The number of benzene rings is 3. The molecule has 0 aliphatic rings. The van der Waals surface area contributed by atoms with Gasteiger partial charge in [0.05, 0.1) is 0 Å². The Labute approximate surface area is 212 Å². The summed E-state index contributed by atoms with van der Waals surface area (Å²) in [5, 5.41) is 1.46. The maximum absolute atomic E-state index is 13.0. The van der Waals surface area contributed by atoms with Gasteiger partial charge in [0.2, 0.25) is 0 Å². The van der Waals surface area contributed by atoms with Gasteiger partial charge in [0.15, 0.2) is 0 Å². The van der Waals surface area contributed by atoms with Gasteiger partial charge in [-0.3, -0.25) is 0 Å². The first kappa shape index (κ1) is 27.4. The molecule has 3 aromatic carbocycles. The zero-order valence-electron chi connectivity index (χ0n) is 22.0. The molecule has 3 rings (SSSR count). The van der Waals surface area contributed by atoms with E-state index in [1.54, 1.807) is 0 Å². The van der Waals surface area contributed by atoms with Crippen LogP contribution in [-0.4, -0.2) is 11.5 Å². The molecule has 0 aromatic heterocycles. The number of para-hydroxylation sites is 1. The molecule has 0 atom stereocenters. The molecular weight excluding hydrogens is 451 g/mol. The zero-order chi connectivity index (χ0) is 25.2. The Balaban J connectivity index is 1.97. The average Bonchev–Trinajstić information content (AvgIpc) is 2.85. The van der Waals surface area contributed by atoms with Crippen molar-refractivity contribution in [3.8, 4) is 5.75 Å². The number of hydrogen-bond donors (Lipinski definition) is 1. The van der Waals surface area contributed by atoms with Crippen molar-refractivity contribution in [2.45, 2.75) is 79.1 Å². The predicted molar refractivity (Wildman–Crippen MR) is 151 cm³/mol. The maximum atomic E-state index is 13.0. The summed E-state index contributed by atoms with van der Waals surface area (Å²) in [6.45, 7) is 8.74. The van der Waals surface area contributed by atoms with E-state index in [-0.39, 0.29) is 0 Å². The van der Waals surface area contributed by atoms with Crippen LogP contribution in [0.2, 0.25) is 0 Å². The Morgan fingerprint density at radius 2 is 1.06 bits per heavy atom. The van der Waals surface area contributed by atoms with E-state index in [9.17, 15) is 4.89 Å². The molecule has 3 aromatic rings. The van der Waals surface area contributed by atoms with Crippen molar-refractivity contribution in [1.29, 1.82) is 0 Å². The zero-order valence-corrected chi connectivity index (χ0v) is 22.9. The van der Waals surface area contributed by atoms with Crippen molar-refractivity contribution >= 4 is 17.9 Å². The van der Waals surface area contributed by atoms with Crippen LogP contribution in [-0.2, 0) is 4.52 Å².